The number of aromatic amines is 1. The molecule has 0 unspecified atom stereocenters. The van der Waals surface area contributed by atoms with E-state index < -0.39 is 0 Å². The Morgan fingerprint density at radius 2 is 1.50 bits per heavy atom. The number of nitrogens with one attached hydrogen (secondary N) is 1. The number of rotatable bonds is 1. The summed E-state index contributed by atoms with van der Waals surface area (Å²) in [6, 6.07) is 25.9. The van der Waals surface area contributed by atoms with Crippen LogP contribution in [0.15, 0.2) is 72.8 Å². The number of para-hydroxylation sites is 2. The van der Waals surface area contributed by atoms with Crippen LogP contribution in [0, 0.1) is 0 Å². The highest BCUT2D eigenvalue weighted by Crippen LogP contribution is 2.38. The van der Waals surface area contributed by atoms with Gasteiger partial charge < -0.3 is 4.98 Å². The van der Waals surface area contributed by atoms with E-state index in [2.05, 4.69) is 77.8 Å². The molecule has 0 saturated heterocycles. The average Bonchev–Trinajstić information content (AvgIpc) is 3.24. The van der Waals surface area contributed by atoms with E-state index in [1.54, 1.807) is 0 Å². The first kappa shape index (κ1) is 15.0. The molecule has 0 bridgehead atoms. The van der Waals surface area contributed by atoms with Crippen LogP contribution in [0.25, 0.3) is 42.3 Å². The lowest BCUT2D eigenvalue weighted by Gasteiger charge is -1.99. The fourth-order valence-corrected chi connectivity index (χ4v) is 4.29. The van der Waals surface area contributed by atoms with Gasteiger partial charge in [-0.1, -0.05) is 68.4 Å². The third-order valence-corrected chi connectivity index (χ3v) is 5.38. The van der Waals surface area contributed by atoms with Crippen LogP contribution in [0.3, 0.4) is 0 Å². The molecule has 0 saturated carbocycles. The fraction of sp³-hybridized carbons (Fsp3) is 0.0909. The molecule has 0 atom stereocenters. The molecule has 0 aliphatic rings. The number of hydrogen-bond donors (Lipinski definition) is 1. The van der Waals surface area contributed by atoms with Gasteiger partial charge in [-0.3, -0.25) is 0 Å². The van der Waals surface area contributed by atoms with Gasteiger partial charge in [0.25, 0.3) is 0 Å². The molecule has 3 aromatic carbocycles. The smallest absolute Gasteiger partial charge is 0.0552 e. The van der Waals surface area contributed by atoms with Crippen molar-refractivity contribution in [3.8, 4) is 10.4 Å². The topological polar surface area (TPSA) is 15.8 Å². The van der Waals surface area contributed by atoms with Gasteiger partial charge in [-0.2, -0.15) is 0 Å². The van der Waals surface area contributed by atoms with E-state index in [9.17, 15) is 0 Å². The van der Waals surface area contributed by atoms with Crippen molar-refractivity contribution in [2.45, 2.75) is 13.8 Å². The van der Waals surface area contributed by atoms with Crippen molar-refractivity contribution in [2.24, 2.45) is 0 Å². The minimum absolute atomic E-state index is 1.20. The zero-order chi connectivity index (χ0) is 16.5. The molecule has 0 radical (unpaired) electrons. The average molecular weight is 329 g/mol. The van der Waals surface area contributed by atoms with Crippen LogP contribution in [0.1, 0.15) is 13.8 Å². The number of fused-ring (bicyclic) bond motifs is 4. The van der Waals surface area contributed by atoms with Gasteiger partial charge in [-0.25, -0.2) is 0 Å². The summed E-state index contributed by atoms with van der Waals surface area (Å²) in [5.74, 6) is 0. The molecule has 0 aliphatic carbocycles. The van der Waals surface area contributed by atoms with Crippen LogP contribution in [0.2, 0.25) is 0 Å². The van der Waals surface area contributed by atoms with Gasteiger partial charge in [-0.05, 0) is 23.6 Å². The van der Waals surface area contributed by atoms with Gasteiger partial charge in [-0.15, -0.1) is 11.3 Å². The fourth-order valence-electron chi connectivity index (χ4n) is 3.19. The number of benzene rings is 3. The highest BCUT2D eigenvalue weighted by Gasteiger charge is 2.11. The zero-order valence-corrected chi connectivity index (χ0v) is 14.7. The van der Waals surface area contributed by atoms with Crippen LogP contribution >= 0.6 is 11.3 Å². The van der Waals surface area contributed by atoms with E-state index in [1.165, 1.54) is 42.3 Å². The van der Waals surface area contributed by atoms with E-state index in [0.29, 0.717) is 0 Å². The Morgan fingerprint density at radius 3 is 2.38 bits per heavy atom. The Bertz CT molecular complexity index is 1100. The molecule has 5 rings (SSSR count). The minimum Gasteiger partial charge on any atom is -0.354 e. The summed E-state index contributed by atoms with van der Waals surface area (Å²) >= 11 is 1.86. The van der Waals surface area contributed by atoms with Gasteiger partial charge in [0.15, 0.2) is 0 Å². The van der Waals surface area contributed by atoms with Crippen LogP contribution in [-0.4, -0.2) is 4.98 Å². The first-order chi connectivity index (χ1) is 11.9. The van der Waals surface area contributed by atoms with Crippen LogP contribution in [0.4, 0.5) is 0 Å². The normalized spacial score (nSPS) is 10.9. The first-order valence-electron chi connectivity index (χ1n) is 8.38. The summed E-state index contributed by atoms with van der Waals surface area (Å²) in [5.41, 5.74) is 3.72. The molecule has 0 spiro atoms. The highest BCUT2D eigenvalue weighted by atomic mass is 32.1. The molecule has 1 N–H and O–H groups in total. The standard InChI is InChI=1S/C20H13NS.C2H6/c1-4-11-18-13(6-1)12-19(22-18)16-9-5-8-15-14-7-2-3-10-17(14)21-20(15)16;1-2/h1-12,21H;1-2H3. The number of thiophene rings is 1. The van der Waals surface area contributed by atoms with E-state index in [0.717, 1.165) is 0 Å². The summed E-state index contributed by atoms with van der Waals surface area (Å²) in [6.45, 7) is 4.00. The monoisotopic (exact) mass is 329 g/mol. The van der Waals surface area contributed by atoms with E-state index in [1.807, 2.05) is 25.2 Å². The summed E-state index contributed by atoms with van der Waals surface area (Å²) in [7, 11) is 0. The molecule has 5 aromatic rings. The van der Waals surface area contributed by atoms with Crippen molar-refractivity contribution in [1.29, 1.82) is 0 Å². The molecule has 0 fully saturated rings. The predicted molar refractivity (Wildman–Crippen MR) is 108 cm³/mol. The lowest BCUT2D eigenvalue weighted by atomic mass is 10.1. The Kier molecular flexibility index (Phi) is 3.83. The molecule has 118 valence electrons. The number of hydrogen-bond acceptors (Lipinski definition) is 1. The lowest BCUT2D eigenvalue weighted by Crippen LogP contribution is -1.75. The zero-order valence-electron chi connectivity index (χ0n) is 13.8. The Hall–Kier alpha value is -2.58. The highest BCUT2D eigenvalue weighted by molar-refractivity contribution is 7.22. The summed E-state index contributed by atoms with van der Waals surface area (Å²) in [5, 5.41) is 3.90. The number of H-pyrrole nitrogens is 1. The van der Waals surface area contributed by atoms with Gasteiger partial charge in [0.05, 0.1) is 5.52 Å². The molecule has 2 aromatic heterocycles. The van der Waals surface area contributed by atoms with Crippen LogP contribution in [0.5, 0.6) is 0 Å². The first-order valence-corrected chi connectivity index (χ1v) is 9.20. The maximum absolute atomic E-state index is 3.60. The van der Waals surface area contributed by atoms with Gasteiger partial charge in [0, 0.05) is 31.4 Å². The Balaban J connectivity index is 0.000000704. The van der Waals surface area contributed by atoms with E-state index in [-0.39, 0.29) is 0 Å². The van der Waals surface area contributed by atoms with Gasteiger partial charge in [0.1, 0.15) is 0 Å². The van der Waals surface area contributed by atoms with E-state index >= 15 is 0 Å². The number of aromatic nitrogens is 1. The molecule has 0 aliphatic heterocycles. The van der Waals surface area contributed by atoms with Crippen molar-refractivity contribution in [3.63, 3.8) is 0 Å². The molecule has 24 heavy (non-hydrogen) atoms. The van der Waals surface area contributed by atoms with E-state index in [4.69, 9.17) is 0 Å². The summed E-state index contributed by atoms with van der Waals surface area (Å²) in [6.07, 6.45) is 0. The Labute approximate surface area is 145 Å². The minimum atomic E-state index is 1.20. The second-order valence-corrected chi connectivity index (χ2v) is 6.63. The molecular weight excluding hydrogens is 310 g/mol. The maximum atomic E-state index is 3.60. The van der Waals surface area contributed by atoms with Crippen molar-refractivity contribution in [1.82, 2.24) is 4.98 Å². The van der Waals surface area contributed by atoms with Crippen molar-refractivity contribution in [2.75, 3.05) is 0 Å². The summed E-state index contributed by atoms with van der Waals surface area (Å²) < 4.78 is 1.34. The SMILES string of the molecule is CC.c1ccc2sc(-c3cccc4c3[nH]c3ccccc34)cc2c1. The van der Waals surface area contributed by atoms with Crippen LogP contribution < -0.4 is 0 Å². The second-order valence-electron chi connectivity index (χ2n) is 5.55. The van der Waals surface area contributed by atoms with Crippen molar-refractivity contribution < 1.29 is 0 Å². The van der Waals surface area contributed by atoms with Crippen LogP contribution in [-0.2, 0) is 0 Å². The molecule has 1 nitrogen and oxygen atoms in total. The third kappa shape index (κ3) is 2.31. The Morgan fingerprint density at radius 1 is 0.750 bits per heavy atom. The van der Waals surface area contributed by atoms with Crippen molar-refractivity contribution >= 4 is 43.2 Å². The van der Waals surface area contributed by atoms with Crippen molar-refractivity contribution in [3.05, 3.63) is 72.8 Å². The lowest BCUT2D eigenvalue weighted by molar-refractivity contribution is 1.50. The predicted octanol–water partition coefficient (Wildman–Crippen LogP) is 7.23. The third-order valence-electron chi connectivity index (χ3n) is 4.23. The molecular formula is C22H19NS. The molecule has 0 amide bonds. The largest absolute Gasteiger partial charge is 0.354 e. The quantitative estimate of drug-likeness (QED) is 0.334. The summed E-state index contributed by atoms with van der Waals surface area (Å²) in [4.78, 5) is 4.91. The maximum Gasteiger partial charge on any atom is 0.0552 e. The molecule has 2 heteroatoms. The second kappa shape index (κ2) is 6.14. The van der Waals surface area contributed by atoms with Gasteiger partial charge >= 0.3 is 0 Å². The molecule has 2 heterocycles. The van der Waals surface area contributed by atoms with Gasteiger partial charge in [0.2, 0.25) is 0 Å².